The Morgan fingerprint density at radius 3 is 2.80 bits per heavy atom. The fraction of sp³-hybridized carbons (Fsp3) is 0.562. The Bertz CT molecular complexity index is 794. The summed E-state index contributed by atoms with van der Waals surface area (Å²) in [5, 5.41) is 7.12. The molecule has 0 spiro atoms. The molecule has 1 aliphatic heterocycles. The minimum absolute atomic E-state index is 0.0182. The third-order valence-electron chi connectivity index (χ3n) is 4.63. The molecule has 1 fully saturated rings. The van der Waals surface area contributed by atoms with Crippen molar-refractivity contribution in [3.8, 4) is 0 Å². The predicted octanol–water partition coefficient (Wildman–Crippen LogP) is 0.888. The van der Waals surface area contributed by atoms with Crippen molar-refractivity contribution >= 4 is 17.8 Å². The van der Waals surface area contributed by atoms with Crippen molar-refractivity contribution in [2.24, 2.45) is 13.0 Å². The molecule has 0 unspecified atom stereocenters. The predicted molar refractivity (Wildman–Crippen MR) is 90.5 cm³/mol. The summed E-state index contributed by atoms with van der Waals surface area (Å²) in [6.45, 7) is 4.33. The number of amides is 2. The van der Waals surface area contributed by atoms with Crippen LogP contribution in [0, 0.1) is 12.8 Å². The number of likely N-dealkylation sites (tertiary alicyclic amines) is 1. The van der Waals surface area contributed by atoms with E-state index in [1.54, 1.807) is 29.7 Å². The molecule has 1 saturated heterocycles. The molecule has 1 aliphatic rings. The van der Waals surface area contributed by atoms with Crippen LogP contribution in [0.25, 0.3) is 0 Å². The smallest absolute Gasteiger partial charge is 0.232 e. The number of imidazole rings is 1. The van der Waals surface area contributed by atoms with E-state index in [4.69, 9.17) is 0 Å². The van der Waals surface area contributed by atoms with Crippen molar-refractivity contribution in [1.29, 1.82) is 0 Å². The number of carbonyl (C=O) groups excluding carboxylic acids is 2. The van der Waals surface area contributed by atoms with Crippen LogP contribution < -0.4 is 5.32 Å². The average Bonchev–Trinajstić information content (AvgIpc) is 3.15. The molecule has 1 N–H and O–H groups in total. The SMILES string of the molecule is CCn1nc(C)nc1NC(=O)[C@H]1CCC(=O)N(C)[C@@H]1c1nccn1C. The first kappa shape index (κ1) is 17.1. The summed E-state index contributed by atoms with van der Waals surface area (Å²) in [6, 6.07) is -0.402. The largest absolute Gasteiger partial charge is 0.336 e. The molecule has 0 saturated carbocycles. The maximum Gasteiger partial charge on any atom is 0.232 e. The van der Waals surface area contributed by atoms with E-state index in [2.05, 4.69) is 20.4 Å². The normalized spacial score (nSPS) is 20.8. The van der Waals surface area contributed by atoms with Gasteiger partial charge in [0.2, 0.25) is 17.8 Å². The van der Waals surface area contributed by atoms with Crippen LogP contribution in [-0.4, -0.2) is 48.1 Å². The molecule has 0 aliphatic carbocycles. The maximum absolute atomic E-state index is 12.9. The number of nitrogens with one attached hydrogen (secondary N) is 1. The molecular weight excluding hydrogens is 322 g/mol. The van der Waals surface area contributed by atoms with Crippen LogP contribution in [0.2, 0.25) is 0 Å². The van der Waals surface area contributed by atoms with Crippen molar-refractivity contribution in [3.63, 3.8) is 0 Å². The molecule has 0 aromatic carbocycles. The van der Waals surface area contributed by atoms with Gasteiger partial charge in [0.05, 0.1) is 5.92 Å². The molecule has 2 atom stereocenters. The van der Waals surface area contributed by atoms with E-state index in [1.165, 1.54) is 0 Å². The van der Waals surface area contributed by atoms with E-state index in [1.807, 2.05) is 24.7 Å². The molecule has 2 aromatic heterocycles. The summed E-state index contributed by atoms with van der Waals surface area (Å²) >= 11 is 0. The highest BCUT2D eigenvalue weighted by molar-refractivity contribution is 5.93. The lowest BCUT2D eigenvalue weighted by Gasteiger charge is -2.37. The number of aromatic nitrogens is 5. The number of piperidine rings is 1. The molecule has 25 heavy (non-hydrogen) atoms. The zero-order valence-electron chi connectivity index (χ0n) is 14.9. The van der Waals surface area contributed by atoms with E-state index >= 15 is 0 Å². The van der Waals surface area contributed by atoms with Crippen molar-refractivity contribution in [3.05, 3.63) is 24.0 Å². The van der Waals surface area contributed by atoms with Gasteiger partial charge in [-0.2, -0.15) is 10.1 Å². The van der Waals surface area contributed by atoms with Crippen LogP contribution in [0.1, 0.15) is 37.5 Å². The molecular formula is C16H23N7O2. The summed E-state index contributed by atoms with van der Waals surface area (Å²) in [4.78, 5) is 35.4. The molecule has 0 radical (unpaired) electrons. The van der Waals surface area contributed by atoms with Crippen LogP contribution in [0.4, 0.5) is 5.95 Å². The number of hydrogen-bond acceptors (Lipinski definition) is 5. The highest BCUT2D eigenvalue weighted by Gasteiger charge is 2.41. The fourth-order valence-corrected chi connectivity index (χ4v) is 3.30. The van der Waals surface area contributed by atoms with Gasteiger partial charge in [-0.05, 0) is 20.3 Å². The Labute approximate surface area is 146 Å². The standard InChI is InChI=1S/C16H23N7O2/c1-5-23-16(18-10(2)20-23)19-15(25)11-6-7-12(24)22(4)13(11)14-17-8-9-21(14)3/h8-9,11,13H,5-7H2,1-4H3,(H,18,19,20,25)/t11-,13-/m0/s1. The van der Waals surface area contributed by atoms with Crippen molar-refractivity contribution in [2.45, 2.75) is 39.3 Å². The second-order valence-electron chi connectivity index (χ2n) is 6.28. The number of carbonyl (C=O) groups is 2. The van der Waals surface area contributed by atoms with Gasteiger partial charge in [0, 0.05) is 39.5 Å². The van der Waals surface area contributed by atoms with E-state index in [-0.39, 0.29) is 11.8 Å². The Kier molecular flexibility index (Phi) is 4.56. The highest BCUT2D eigenvalue weighted by Crippen LogP contribution is 2.35. The molecule has 0 bridgehead atoms. The van der Waals surface area contributed by atoms with Gasteiger partial charge in [-0.15, -0.1) is 0 Å². The topological polar surface area (TPSA) is 97.9 Å². The second kappa shape index (κ2) is 6.66. The van der Waals surface area contributed by atoms with Gasteiger partial charge in [0.15, 0.2) is 0 Å². The van der Waals surface area contributed by atoms with Crippen LogP contribution in [0.15, 0.2) is 12.4 Å². The maximum atomic E-state index is 12.9. The third kappa shape index (κ3) is 3.13. The van der Waals surface area contributed by atoms with Gasteiger partial charge in [-0.25, -0.2) is 9.67 Å². The van der Waals surface area contributed by atoms with Gasteiger partial charge in [0.1, 0.15) is 17.7 Å². The molecule has 3 rings (SSSR count). The Morgan fingerprint density at radius 1 is 1.40 bits per heavy atom. The number of rotatable bonds is 4. The van der Waals surface area contributed by atoms with E-state index in [9.17, 15) is 9.59 Å². The summed E-state index contributed by atoms with van der Waals surface area (Å²) in [5.74, 6) is 1.19. The number of anilines is 1. The van der Waals surface area contributed by atoms with Crippen LogP contribution in [-0.2, 0) is 23.2 Å². The number of hydrogen-bond donors (Lipinski definition) is 1. The summed E-state index contributed by atoms with van der Waals surface area (Å²) in [6.07, 6.45) is 4.31. The lowest BCUT2D eigenvalue weighted by molar-refractivity contribution is -0.140. The third-order valence-corrected chi connectivity index (χ3v) is 4.63. The Morgan fingerprint density at radius 2 is 2.16 bits per heavy atom. The van der Waals surface area contributed by atoms with Crippen molar-refractivity contribution in [2.75, 3.05) is 12.4 Å². The van der Waals surface area contributed by atoms with Gasteiger partial charge in [-0.1, -0.05) is 0 Å². The van der Waals surface area contributed by atoms with E-state index in [0.717, 1.165) is 0 Å². The minimum Gasteiger partial charge on any atom is -0.336 e. The average molecular weight is 345 g/mol. The first-order chi connectivity index (χ1) is 11.9. The number of aryl methyl sites for hydroxylation is 3. The van der Waals surface area contributed by atoms with Crippen molar-refractivity contribution in [1.82, 2.24) is 29.2 Å². The molecule has 3 heterocycles. The van der Waals surface area contributed by atoms with Crippen LogP contribution in [0.5, 0.6) is 0 Å². The molecule has 2 aromatic rings. The van der Waals surface area contributed by atoms with E-state index in [0.29, 0.717) is 37.0 Å². The first-order valence-corrected chi connectivity index (χ1v) is 8.37. The molecule has 134 valence electrons. The second-order valence-corrected chi connectivity index (χ2v) is 6.28. The minimum atomic E-state index is -0.402. The molecule has 9 nitrogen and oxygen atoms in total. The lowest BCUT2D eigenvalue weighted by Crippen LogP contribution is -2.45. The van der Waals surface area contributed by atoms with E-state index < -0.39 is 12.0 Å². The fourth-order valence-electron chi connectivity index (χ4n) is 3.30. The summed E-state index contributed by atoms with van der Waals surface area (Å²) in [5.41, 5.74) is 0. The first-order valence-electron chi connectivity index (χ1n) is 8.37. The summed E-state index contributed by atoms with van der Waals surface area (Å²) < 4.78 is 3.50. The van der Waals surface area contributed by atoms with Crippen molar-refractivity contribution < 1.29 is 9.59 Å². The van der Waals surface area contributed by atoms with Gasteiger partial charge in [-0.3, -0.25) is 14.9 Å². The number of nitrogens with zero attached hydrogens (tertiary/aromatic N) is 6. The zero-order valence-corrected chi connectivity index (χ0v) is 14.9. The Hall–Kier alpha value is -2.71. The highest BCUT2D eigenvalue weighted by atomic mass is 16.2. The molecule has 2 amide bonds. The Balaban J connectivity index is 1.89. The van der Waals surface area contributed by atoms with Gasteiger partial charge < -0.3 is 9.47 Å². The van der Waals surface area contributed by atoms with Gasteiger partial charge in [0.25, 0.3) is 0 Å². The van der Waals surface area contributed by atoms with Crippen LogP contribution >= 0.6 is 0 Å². The zero-order chi connectivity index (χ0) is 18.1. The summed E-state index contributed by atoms with van der Waals surface area (Å²) in [7, 11) is 3.58. The monoisotopic (exact) mass is 345 g/mol. The lowest BCUT2D eigenvalue weighted by atomic mass is 9.87. The van der Waals surface area contributed by atoms with Gasteiger partial charge >= 0.3 is 0 Å². The van der Waals surface area contributed by atoms with Crippen LogP contribution in [0.3, 0.4) is 0 Å². The molecule has 9 heteroatoms. The quantitative estimate of drug-likeness (QED) is 0.887.